The topological polar surface area (TPSA) is 70.1 Å². The molecule has 0 spiro atoms. The minimum atomic E-state index is -0.0676. The van der Waals surface area contributed by atoms with Crippen LogP contribution in [-0.2, 0) is 6.42 Å². The van der Waals surface area contributed by atoms with Gasteiger partial charge in [-0.25, -0.2) is 9.97 Å². The zero-order chi connectivity index (χ0) is 13.5. The second kappa shape index (κ2) is 6.70. The minimum Gasteiger partial charge on any atom is -0.394 e. The molecule has 1 aromatic heterocycles. The summed E-state index contributed by atoms with van der Waals surface area (Å²) in [6, 6.07) is 11.8. The Kier molecular flexibility index (Phi) is 4.69. The van der Waals surface area contributed by atoms with Crippen molar-refractivity contribution in [2.75, 3.05) is 24.3 Å². The molecule has 0 aliphatic rings. The molecule has 100 valence electrons. The Morgan fingerprint density at radius 2 is 1.89 bits per heavy atom. The lowest BCUT2D eigenvalue weighted by Gasteiger charge is -2.17. The van der Waals surface area contributed by atoms with Crippen molar-refractivity contribution in [3.8, 4) is 0 Å². The highest BCUT2D eigenvalue weighted by Gasteiger charge is 2.09. The van der Waals surface area contributed by atoms with Crippen LogP contribution in [0.25, 0.3) is 0 Å². The molecule has 0 aliphatic carbocycles. The van der Waals surface area contributed by atoms with Gasteiger partial charge in [-0.2, -0.15) is 0 Å². The van der Waals surface area contributed by atoms with Gasteiger partial charge in [-0.3, -0.25) is 0 Å². The first kappa shape index (κ1) is 13.3. The monoisotopic (exact) mass is 258 g/mol. The van der Waals surface area contributed by atoms with E-state index >= 15 is 0 Å². The molecule has 1 atom stereocenters. The van der Waals surface area contributed by atoms with Gasteiger partial charge in [0.2, 0.25) is 0 Å². The average Bonchev–Trinajstić information content (AvgIpc) is 2.48. The van der Waals surface area contributed by atoms with Crippen LogP contribution in [0.5, 0.6) is 0 Å². The van der Waals surface area contributed by atoms with Gasteiger partial charge in [0.1, 0.15) is 18.0 Å². The molecule has 5 nitrogen and oxygen atoms in total. The summed E-state index contributed by atoms with van der Waals surface area (Å²) in [5, 5.41) is 15.6. The summed E-state index contributed by atoms with van der Waals surface area (Å²) in [6.07, 6.45) is 2.24. The van der Waals surface area contributed by atoms with Crippen molar-refractivity contribution in [2.45, 2.75) is 12.5 Å². The Morgan fingerprint density at radius 3 is 2.58 bits per heavy atom. The normalized spacial score (nSPS) is 11.9. The fourth-order valence-electron chi connectivity index (χ4n) is 1.84. The van der Waals surface area contributed by atoms with Crippen LogP contribution in [-0.4, -0.2) is 34.8 Å². The molecule has 5 heteroatoms. The van der Waals surface area contributed by atoms with Gasteiger partial charge in [0.25, 0.3) is 0 Å². The number of nitrogens with zero attached hydrogens (tertiary/aromatic N) is 2. The van der Waals surface area contributed by atoms with Crippen molar-refractivity contribution in [1.29, 1.82) is 0 Å². The molecule has 2 rings (SSSR count). The summed E-state index contributed by atoms with van der Waals surface area (Å²) in [4.78, 5) is 8.19. The summed E-state index contributed by atoms with van der Waals surface area (Å²) >= 11 is 0. The van der Waals surface area contributed by atoms with Crippen LogP contribution in [0.3, 0.4) is 0 Å². The predicted octanol–water partition coefficient (Wildman–Crippen LogP) is 1.53. The quantitative estimate of drug-likeness (QED) is 0.733. The van der Waals surface area contributed by atoms with E-state index in [0.29, 0.717) is 5.82 Å². The van der Waals surface area contributed by atoms with Gasteiger partial charge in [-0.1, -0.05) is 30.3 Å². The molecule has 1 aromatic carbocycles. The number of aromatic nitrogens is 2. The number of rotatable bonds is 6. The van der Waals surface area contributed by atoms with E-state index in [1.807, 2.05) is 36.4 Å². The Labute approximate surface area is 112 Å². The maximum absolute atomic E-state index is 9.45. The van der Waals surface area contributed by atoms with E-state index in [1.165, 1.54) is 11.9 Å². The number of aliphatic hydroxyl groups excluding tert-OH is 1. The second-order valence-corrected chi connectivity index (χ2v) is 4.25. The molecule has 0 fully saturated rings. The highest BCUT2D eigenvalue weighted by Crippen LogP contribution is 2.11. The molecule has 3 N–H and O–H groups in total. The smallest absolute Gasteiger partial charge is 0.131 e. The van der Waals surface area contributed by atoms with E-state index < -0.39 is 0 Å². The average molecular weight is 258 g/mol. The van der Waals surface area contributed by atoms with Crippen LogP contribution in [0.4, 0.5) is 11.6 Å². The first-order valence-corrected chi connectivity index (χ1v) is 6.23. The van der Waals surface area contributed by atoms with E-state index in [9.17, 15) is 5.11 Å². The minimum absolute atomic E-state index is 0.0494. The maximum atomic E-state index is 9.45. The molecule has 0 aliphatic heterocycles. The molecule has 0 radical (unpaired) electrons. The van der Waals surface area contributed by atoms with Crippen LogP contribution < -0.4 is 10.6 Å². The van der Waals surface area contributed by atoms with E-state index in [2.05, 4.69) is 20.6 Å². The third-order valence-corrected chi connectivity index (χ3v) is 2.82. The molecule has 1 unspecified atom stereocenters. The summed E-state index contributed by atoms with van der Waals surface area (Å²) in [7, 11) is 1.81. The molecule has 2 aromatic rings. The predicted molar refractivity (Wildman–Crippen MR) is 76.2 cm³/mol. The van der Waals surface area contributed by atoms with Gasteiger partial charge in [-0.15, -0.1) is 0 Å². The second-order valence-electron chi connectivity index (χ2n) is 4.25. The van der Waals surface area contributed by atoms with Crippen molar-refractivity contribution in [1.82, 2.24) is 9.97 Å². The van der Waals surface area contributed by atoms with Gasteiger partial charge in [-0.05, 0) is 12.0 Å². The molecule has 0 saturated heterocycles. The fraction of sp³-hybridized carbons (Fsp3) is 0.286. The fourth-order valence-corrected chi connectivity index (χ4v) is 1.84. The first-order chi connectivity index (χ1) is 9.31. The van der Waals surface area contributed by atoms with Crippen molar-refractivity contribution in [3.05, 3.63) is 48.3 Å². The third kappa shape index (κ3) is 3.93. The standard InChI is InChI=1S/C14H18N4O/c1-15-13-8-14(17-10-16-13)18-12(9-19)7-11-5-3-2-4-6-11/h2-6,8,10,12,19H,7,9H2,1H3,(H2,15,16,17,18). The number of hydrogen-bond acceptors (Lipinski definition) is 5. The van der Waals surface area contributed by atoms with Crippen LogP contribution in [0, 0.1) is 0 Å². The van der Waals surface area contributed by atoms with Crippen LogP contribution >= 0.6 is 0 Å². The molecule has 19 heavy (non-hydrogen) atoms. The Hall–Kier alpha value is -2.14. The summed E-state index contributed by atoms with van der Waals surface area (Å²) in [5.41, 5.74) is 1.18. The summed E-state index contributed by atoms with van der Waals surface area (Å²) < 4.78 is 0. The van der Waals surface area contributed by atoms with Crippen molar-refractivity contribution in [3.63, 3.8) is 0 Å². The molecule has 0 amide bonds. The van der Waals surface area contributed by atoms with Gasteiger partial charge in [0.05, 0.1) is 12.6 Å². The van der Waals surface area contributed by atoms with Crippen LogP contribution in [0.2, 0.25) is 0 Å². The lowest BCUT2D eigenvalue weighted by atomic mass is 10.1. The molecule has 0 bridgehead atoms. The number of benzene rings is 1. The van der Waals surface area contributed by atoms with E-state index in [0.717, 1.165) is 12.2 Å². The molecule has 1 heterocycles. The highest BCUT2D eigenvalue weighted by atomic mass is 16.3. The lowest BCUT2D eigenvalue weighted by Crippen LogP contribution is -2.26. The van der Waals surface area contributed by atoms with Crippen molar-refractivity contribution in [2.24, 2.45) is 0 Å². The molecular formula is C14H18N4O. The Bertz CT molecular complexity index is 504. The van der Waals surface area contributed by atoms with E-state index in [-0.39, 0.29) is 12.6 Å². The van der Waals surface area contributed by atoms with Gasteiger partial charge in [0.15, 0.2) is 0 Å². The van der Waals surface area contributed by atoms with Gasteiger partial charge in [0, 0.05) is 13.1 Å². The van der Waals surface area contributed by atoms with Gasteiger partial charge < -0.3 is 15.7 Å². The van der Waals surface area contributed by atoms with Crippen molar-refractivity contribution >= 4 is 11.6 Å². The Balaban J connectivity index is 2.02. The number of aliphatic hydroxyl groups is 1. The largest absolute Gasteiger partial charge is 0.394 e. The summed E-state index contributed by atoms with van der Waals surface area (Å²) in [6.45, 7) is 0.0494. The zero-order valence-corrected chi connectivity index (χ0v) is 10.9. The van der Waals surface area contributed by atoms with Crippen LogP contribution in [0.15, 0.2) is 42.7 Å². The van der Waals surface area contributed by atoms with E-state index in [4.69, 9.17) is 0 Å². The number of nitrogens with one attached hydrogen (secondary N) is 2. The number of anilines is 2. The van der Waals surface area contributed by atoms with Crippen molar-refractivity contribution < 1.29 is 5.11 Å². The van der Waals surface area contributed by atoms with E-state index in [1.54, 1.807) is 7.05 Å². The number of hydrogen-bond donors (Lipinski definition) is 3. The van der Waals surface area contributed by atoms with Crippen LogP contribution in [0.1, 0.15) is 5.56 Å². The molecule has 0 saturated carbocycles. The highest BCUT2D eigenvalue weighted by molar-refractivity contribution is 5.46. The first-order valence-electron chi connectivity index (χ1n) is 6.23. The Morgan fingerprint density at radius 1 is 1.16 bits per heavy atom. The lowest BCUT2D eigenvalue weighted by molar-refractivity contribution is 0.273. The van der Waals surface area contributed by atoms with Gasteiger partial charge >= 0.3 is 0 Å². The SMILES string of the molecule is CNc1cc(NC(CO)Cc2ccccc2)ncn1. The molecular weight excluding hydrogens is 240 g/mol. The maximum Gasteiger partial charge on any atom is 0.131 e. The summed E-state index contributed by atoms with van der Waals surface area (Å²) in [5.74, 6) is 1.45. The zero-order valence-electron chi connectivity index (χ0n) is 10.9. The third-order valence-electron chi connectivity index (χ3n) is 2.82.